The van der Waals surface area contributed by atoms with E-state index in [4.69, 9.17) is 21.7 Å². The van der Waals surface area contributed by atoms with Crippen LogP contribution in [0.3, 0.4) is 0 Å². The standard InChI is InChI=1S/C8H17N3O4/c9-3-6(12)1-5(10)2-7(13)11-4-8(14)15/h5-6,12H,1-4,9-10H2,(H,11,13)(H,14,15)/t5-,6?/m1/s1. The molecule has 0 rings (SSSR count). The van der Waals surface area contributed by atoms with Crippen LogP contribution in [-0.4, -0.2) is 47.3 Å². The van der Waals surface area contributed by atoms with Crippen LogP contribution in [0.15, 0.2) is 0 Å². The van der Waals surface area contributed by atoms with E-state index in [-0.39, 0.29) is 19.4 Å². The van der Waals surface area contributed by atoms with Gasteiger partial charge in [-0.1, -0.05) is 0 Å². The van der Waals surface area contributed by atoms with Crippen molar-refractivity contribution in [1.29, 1.82) is 0 Å². The van der Waals surface area contributed by atoms with E-state index in [9.17, 15) is 9.59 Å². The van der Waals surface area contributed by atoms with E-state index in [1.807, 2.05) is 0 Å². The van der Waals surface area contributed by atoms with Gasteiger partial charge in [0, 0.05) is 19.0 Å². The molecule has 7 N–H and O–H groups in total. The average molecular weight is 219 g/mol. The van der Waals surface area contributed by atoms with E-state index in [0.717, 1.165) is 0 Å². The number of aliphatic hydroxyl groups is 1. The van der Waals surface area contributed by atoms with Gasteiger partial charge in [0.15, 0.2) is 0 Å². The van der Waals surface area contributed by atoms with Gasteiger partial charge in [0.25, 0.3) is 0 Å². The highest BCUT2D eigenvalue weighted by Gasteiger charge is 2.13. The maximum absolute atomic E-state index is 11.1. The van der Waals surface area contributed by atoms with Crippen LogP contribution >= 0.6 is 0 Å². The molecule has 2 atom stereocenters. The minimum atomic E-state index is -1.11. The highest BCUT2D eigenvalue weighted by Crippen LogP contribution is 1.98. The zero-order valence-electron chi connectivity index (χ0n) is 8.35. The second-order valence-electron chi connectivity index (χ2n) is 3.26. The summed E-state index contributed by atoms with van der Waals surface area (Å²) in [6, 6.07) is -0.516. The molecule has 0 aliphatic rings. The summed E-state index contributed by atoms with van der Waals surface area (Å²) < 4.78 is 0. The molecular weight excluding hydrogens is 202 g/mol. The number of carboxylic acids is 1. The number of aliphatic hydroxyl groups excluding tert-OH is 1. The third-order valence-corrected chi connectivity index (χ3v) is 1.73. The van der Waals surface area contributed by atoms with E-state index in [1.165, 1.54) is 0 Å². The molecule has 0 spiro atoms. The first kappa shape index (κ1) is 13.8. The molecule has 0 radical (unpaired) electrons. The van der Waals surface area contributed by atoms with Crippen LogP contribution in [0.4, 0.5) is 0 Å². The molecule has 0 aromatic rings. The van der Waals surface area contributed by atoms with Gasteiger partial charge in [-0.15, -0.1) is 0 Å². The first-order chi connectivity index (χ1) is 6.95. The molecule has 7 nitrogen and oxygen atoms in total. The molecule has 0 aromatic carbocycles. The number of hydrogen-bond acceptors (Lipinski definition) is 5. The summed E-state index contributed by atoms with van der Waals surface area (Å²) in [6.45, 7) is -0.338. The highest BCUT2D eigenvalue weighted by molar-refractivity contribution is 5.81. The van der Waals surface area contributed by atoms with Gasteiger partial charge in [0.1, 0.15) is 6.54 Å². The fraction of sp³-hybridized carbons (Fsp3) is 0.750. The van der Waals surface area contributed by atoms with Crippen molar-refractivity contribution in [1.82, 2.24) is 5.32 Å². The summed E-state index contributed by atoms with van der Waals surface area (Å²) in [4.78, 5) is 21.2. The first-order valence-corrected chi connectivity index (χ1v) is 4.58. The van der Waals surface area contributed by atoms with E-state index < -0.39 is 30.6 Å². The predicted molar refractivity (Wildman–Crippen MR) is 52.9 cm³/mol. The molecule has 0 bridgehead atoms. The molecule has 7 heteroatoms. The zero-order chi connectivity index (χ0) is 11.8. The molecule has 15 heavy (non-hydrogen) atoms. The topological polar surface area (TPSA) is 139 Å². The van der Waals surface area contributed by atoms with Crippen molar-refractivity contribution in [3.05, 3.63) is 0 Å². The maximum Gasteiger partial charge on any atom is 0.322 e. The molecule has 0 aliphatic heterocycles. The van der Waals surface area contributed by atoms with Gasteiger partial charge in [-0.05, 0) is 6.42 Å². The third-order valence-electron chi connectivity index (χ3n) is 1.73. The van der Waals surface area contributed by atoms with Gasteiger partial charge in [-0.2, -0.15) is 0 Å². The van der Waals surface area contributed by atoms with Crippen LogP contribution in [0, 0.1) is 0 Å². The molecule has 0 saturated heterocycles. The Balaban J connectivity index is 3.71. The van der Waals surface area contributed by atoms with Crippen LogP contribution < -0.4 is 16.8 Å². The number of nitrogens with one attached hydrogen (secondary N) is 1. The number of carbonyl (C=O) groups excluding carboxylic acids is 1. The second kappa shape index (κ2) is 7.16. The lowest BCUT2D eigenvalue weighted by Crippen LogP contribution is -2.37. The van der Waals surface area contributed by atoms with E-state index in [1.54, 1.807) is 0 Å². The Kier molecular flexibility index (Phi) is 6.59. The average Bonchev–Trinajstić information content (AvgIpc) is 2.14. The first-order valence-electron chi connectivity index (χ1n) is 4.58. The summed E-state index contributed by atoms with van der Waals surface area (Å²) in [6.07, 6.45) is -0.534. The molecule has 0 aliphatic carbocycles. The van der Waals surface area contributed by atoms with Crippen LogP contribution in [0.2, 0.25) is 0 Å². The van der Waals surface area contributed by atoms with Crippen molar-refractivity contribution in [2.45, 2.75) is 25.0 Å². The molecule has 0 fully saturated rings. The number of carbonyl (C=O) groups is 2. The Morgan fingerprint density at radius 3 is 2.47 bits per heavy atom. The van der Waals surface area contributed by atoms with Crippen molar-refractivity contribution in [2.24, 2.45) is 11.5 Å². The largest absolute Gasteiger partial charge is 0.480 e. The fourth-order valence-corrected chi connectivity index (χ4v) is 1.01. The summed E-state index contributed by atoms with van der Waals surface area (Å²) >= 11 is 0. The van der Waals surface area contributed by atoms with Crippen LogP contribution in [0.1, 0.15) is 12.8 Å². The smallest absolute Gasteiger partial charge is 0.322 e. The molecular formula is C8H17N3O4. The SMILES string of the molecule is NCC(O)C[C@@H](N)CC(=O)NCC(=O)O. The van der Waals surface area contributed by atoms with Gasteiger partial charge < -0.3 is 27.0 Å². The monoisotopic (exact) mass is 219 g/mol. The van der Waals surface area contributed by atoms with Crippen molar-refractivity contribution < 1.29 is 19.8 Å². The fourth-order valence-electron chi connectivity index (χ4n) is 1.01. The van der Waals surface area contributed by atoms with Gasteiger partial charge in [-0.3, -0.25) is 9.59 Å². The van der Waals surface area contributed by atoms with Crippen molar-refractivity contribution in [3.63, 3.8) is 0 Å². The summed E-state index contributed by atoms with van der Waals surface area (Å²) in [7, 11) is 0. The maximum atomic E-state index is 11.1. The van der Waals surface area contributed by atoms with Crippen molar-refractivity contribution in [2.75, 3.05) is 13.1 Å². The highest BCUT2D eigenvalue weighted by atomic mass is 16.4. The molecule has 0 heterocycles. The molecule has 1 amide bonds. The lowest BCUT2D eigenvalue weighted by molar-refractivity contribution is -0.138. The Bertz CT molecular complexity index is 222. The van der Waals surface area contributed by atoms with E-state index >= 15 is 0 Å². The number of nitrogens with two attached hydrogens (primary N) is 2. The Hall–Kier alpha value is -1.18. The minimum Gasteiger partial charge on any atom is -0.480 e. The Labute approximate surface area is 87.4 Å². The number of hydrogen-bond donors (Lipinski definition) is 5. The Morgan fingerprint density at radius 1 is 1.40 bits per heavy atom. The predicted octanol–water partition coefficient (Wildman–Crippen LogP) is -2.39. The van der Waals surface area contributed by atoms with Crippen LogP contribution in [-0.2, 0) is 9.59 Å². The second-order valence-corrected chi connectivity index (χ2v) is 3.26. The van der Waals surface area contributed by atoms with E-state index in [0.29, 0.717) is 0 Å². The van der Waals surface area contributed by atoms with Crippen LogP contribution in [0.5, 0.6) is 0 Å². The summed E-state index contributed by atoms with van der Waals surface area (Å²) in [5.41, 5.74) is 10.7. The number of carboxylic acid groups (broad SMARTS) is 1. The lowest BCUT2D eigenvalue weighted by atomic mass is 10.1. The molecule has 0 saturated carbocycles. The van der Waals surface area contributed by atoms with Gasteiger partial charge >= 0.3 is 5.97 Å². The number of aliphatic carboxylic acids is 1. The normalized spacial score (nSPS) is 14.3. The minimum absolute atomic E-state index is 0.0235. The summed E-state index contributed by atoms with van der Waals surface area (Å²) in [5.74, 6) is -1.56. The lowest BCUT2D eigenvalue weighted by Gasteiger charge is -2.14. The van der Waals surface area contributed by atoms with Gasteiger partial charge in [0.05, 0.1) is 6.10 Å². The van der Waals surface area contributed by atoms with Crippen LogP contribution in [0.25, 0.3) is 0 Å². The molecule has 0 aromatic heterocycles. The van der Waals surface area contributed by atoms with Crippen molar-refractivity contribution in [3.8, 4) is 0 Å². The third kappa shape index (κ3) is 7.86. The molecule has 88 valence electrons. The van der Waals surface area contributed by atoms with Crippen molar-refractivity contribution >= 4 is 11.9 Å². The number of amides is 1. The van der Waals surface area contributed by atoms with Gasteiger partial charge in [-0.25, -0.2) is 0 Å². The Morgan fingerprint density at radius 2 is 2.00 bits per heavy atom. The van der Waals surface area contributed by atoms with Gasteiger partial charge in [0.2, 0.25) is 5.91 Å². The zero-order valence-corrected chi connectivity index (χ0v) is 8.35. The summed E-state index contributed by atoms with van der Waals surface area (Å²) in [5, 5.41) is 19.6. The van der Waals surface area contributed by atoms with E-state index in [2.05, 4.69) is 5.32 Å². The quantitative estimate of drug-likeness (QED) is 0.324. The molecule has 1 unspecified atom stereocenters. The number of rotatable bonds is 7.